The summed E-state index contributed by atoms with van der Waals surface area (Å²) in [4.78, 5) is 36.8. The van der Waals surface area contributed by atoms with Gasteiger partial charge in [0.2, 0.25) is 6.54 Å². The summed E-state index contributed by atoms with van der Waals surface area (Å²) in [5.41, 5.74) is 4.77. The van der Waals surface area contributed by atoms with Crippen LogP contribution >= 0.6 is 0 Å². The Kier molecular flexibility index (Phi) is 7.27. The van der Waals surface area contributed by atoms with E-state index in [1.54, 1.807) is 6.20 Å². The average molecular weight is 668 g/mol. The summed E-state index contributed by atoms with van der Waals surface area (Å²) in [7, 11) is 0. The van der Waals surface area contributed by atoms with Crippen molar-refractivity contribution in [3.05, 3.63) is 59.3 Å². The highest BCUT2D eigenvalue weighted by Crippen LogP contribution is 2.58. The molecule has 2 saturated carbocycles. The number of piperazine rings is 1. The number of anilines is 1. The van der Waals surface area contributed by atoms with Gasteiger partial charge >= 0.3 is 6.01 Å². The van der Waals surface area contributed by atoms with Gasteiger partial charge in [-0.1, -0.05) is 24.8 Å². The monoisotopic (exact) mass is 667 g/mol. The van der Waals surface area contributed by atoms with Crippen LogP contribution in [0.2, 0.25) is 0 Å². The molecule has 5 heterocycles. The molecule has 2 aromatic heterocycles. The summed E-state index contributed by atoms with van der Waals surface area (Å²) >= 11 is 0. The molecule has 0 bridgehead atoms. The molecule has 5 atom stereocenters. The van der Waals surface area contributed by atoms with Crippen LogP contribution in [0.15, 0.2) is 36.8 Å². The van der Waals surface area contributed by atoms with E-state index < -0.39 is 23.9 Å². The van der Waals surface area contributed by atoms with E-state index in [9.17, 15) is 13.6 Å². The lowest BCUT2D eigenvalue weighted by Gasteiger charge is -2.39. The molecular formula is C37H39F2N7O3. The number of nitrogens with zero attached hydrogens (tertiary/aromatic N) is 7. The van der Waals surface area contributed by atoms with Crippen LogP contribution in [0.5, 0.6) is 11.8 Å². The molecule has 3 aromatic rings. The second-order valence-corrected chi connectivity index (χ2v) is 14.7. The van der Waals surface area contributed by atoms with Crippen LogP contribution in [0.1, 0.15) is 55.6 Å². The lowest BCUT2D eigenvalue weighted by atomic mass is 9.95. The van der Waals surface area contributed by atoms with Gasteiger partial charge in [-0.15, -0.1) is 0 Å². The van der Waals surface area contributed by atoms with Crippen molar-refractivity contribution in [2.75, 3.05) is 50.8 Å². The maximum atomic E-state index is 14.6. The SMILES string of the molecule is [C-]#[N+]C[C@H]1CN(c2nc(OC[C@@]34CCCN3C[C@H](F)C4)nc3c(OC4CC4)c(-c4cccc5c4C[C@H]4C[C@@H]54)ncc23)CCN1C(=O)C(=C)F. The summed E-state index contributed by atoms with van der Waals surface area (Å²) in [5.74, 6) is 0.652. The highest BCUT2D eigenvalue weighted by Gasteiger charge is 2.50. The number of halogens is 2. The minimum atomic E-state index is -1.04. The zero-order chi connectivity index (χ0) is 33.4. The van der Waals surface area contributed by atoms with Crippen molar-refractivity contribution < 1.29 is 23.0 Å². The van der Waals surface area contributed by atoms with Crippen molar-refractivity contribution in [2.45, 2.75) is 74.7 Å². The van der Waals surface area contributed by atoms with Crippen LogP contribution in [-0.2, 0) is 11.2 Å². The van der Waals surface area contributed by atoms with Crippen LogP contribution in [0, 0.1) is 12.5 Å². The average Bonchev–Trinajstić information content (AvgIpc) is 3.97. The number of carbonyl (C=O) groups is 1. The van der Waals surface area contributed by atoms with Crippen molar-refractivity contribution >= 4 is 22.6 Å². The number of alkyl halides is 1. The predicted molar refractivity (Wildman–Crippen MR) is 179 cm³/mol. The standard InChI is InChI=1S/C37H39F2N7O3/c1-21(38)35(47)46-12-11-44(19-24(46)16-40-2)34-30-17-41-31(27-6-3-5-26-28-13-22(28)14-29(26)27)33(49-25-7-8-25)32(30)42-36(43-34)48-20-37-9-4-10-45(37)18-23(39)15-37/h3,5-6,17,22-25,28H,1,4,7-16,18-20H2/t22-,23-,24+,28-,37+/m1/s1. The molecule has 0 unspecified atom stereocenters. The molecule has 49 heavy (non-hydrogen) atoms. The third-order valence-corrected chi connectivity index (χ3v) is 11.5. The van der Waals surface area contributed by atoms with E-state index in [-0.39, 0.29) is 43.9 Å². The van der Waals surface area contributed by atoms with Gasteiger partial charge in [-0.05, 0) is 68.0 Å². The Morgan fingerprint density at radius 1 is 1.18 bits per heavy atom. The van der Waals surface area contributed by atoms with Crippen molar-refractivity contribution in [1.29, 1.82) is 0 Å². The first-order valence-corrected chi connectivity index (χ1v) is 17.6. The molecule has 1 amide bonds. The van der Waals surface area contributed by atoms with Gasteiger partial charge in [0.15, 0.2) is 11.6 Å². The number of ether oxygens (including phenoxy) is 2. The fourth-order valence-corrected chi connectivity index (χ4v) is 8.89. The van der Waals surface area contributed by atoms with E-state index in [0.29, 0.717) is 53.8 Å². The number of amides is 1. The summed E-state index contributed by atoms with van der Waals surface area (Å²) in [6, 6.07) is 6.07. The normalized spacial score (nSPS) is 28.6. The van der Waals surface area contributed by atoms with Crippen molar-refractivity contribution in [2.24, 2.45) is 5.92 Å². The molecule has 10 nitrogen and oxygen atoms in total. The van der Waals surface area contributed by atoms with E-state index in [2.05, 4.69) is 34.5 Å². The molecule has 3 saturated heterocycles. The van der Waals surface area contributed by atoms with Gasteiger partial charge in [0.05, 0.1) is 17.0 Å². The molecule has 12 heteroatoms. The second-order valence-electron chi connectivity index (χ2n) is 14.7. The first-order valence-electron chi connectivity index (χ1n) is 17.6. The lowest BCUT2D eigenvalue weighted by molar-refractivity contribution is -0.131. The zero-order valence-corrected chi connectivity index (χ0v) is 27.4. The molecule has 5 fully saturated rings. The second kappa shape index (κ2) is 11.6. The number of fused-ring (bicyclic) bond motifs is 5. The maximum Gasteiger partial charge on any atom is 0.319 e. The molecule has 1 aromatic carbocycles. The van der Waals surface area contributed by atoms with Gasteiger partial charge in [-0.2, -0.15) is 9.97 Å². The van der Waals surface area contributed by atoms with Crippen LogP contribution in [-0.4, -0.2) is 100 Å². The Hall–Kier alpha value is -4.37. The van der Waals surface area contributed by atoms with Gasteiger partial charge in [-0.3, -0.25) is 14.7 Å². The van der Waals surface area contributed by atoms with Gasteiger partial charge in [-0.25, -0.2) is 15.4 Å². The quantitative estimate of drug-likeness (QED) is 0.226. The number of rotatable bonds is 9. The molecule has 3 aliphatic heterocycles. The lowest BCUT2D eigenvalue weighted by Crippen LogP contribution is -2.56. The molecule has 0 N–H and O–H groups in total. The fraction of sp³-hybridized carbons (Fsp3) is 0.541. The Balaban J connectivity index is 1.15. The van der Waals surface area contributed by atoms with Crippen molar-refractivity contribution in [1.82, 2.24) is 24.8 Å². The zero-order valence-electron chi connectivity index (χ0n) is 27.4. The molecule has 0 spiro atoms. The predicted octanol–water partition coefficient (Wildman–Crippen LogP) is 5.27. The van der Waals surface area contributed by atoms with Crippen LogP contribution in [0.3, 0.4) is 0 Å². The summed E-state index contributed by atoms with van der Waals surface area (Å²) < 4.78 is 41.8. The summed E-state index contributed by atoms with van der Waals surface area (Å²) in [6.45, 7) is 13.1. The number of benzene rings is 1. The van der Waals surface area contributed by atoms with Gasteiger partial charge in [0.25, 0.3) is 5.91 Å². The Morgan fingerprint density at radius 2 is 2.06 bits per heavy atom. The number of hydrogen-bond donors (Lipinski definition) is 0. The summed E-state index contributed by atoms with van der Waals surface area (Å²) in [6.07, 6.45) is 7.43. The first-order chi connectivity index (χ1) is 23.8. The van der Waals surface area contributed by atoms with Gasteiger partial charge in [0.1, 0.15) is 35.8 Å². The molecule has 6 aliphatic rings. The minimum absolute atomic E-state index is 0.00416. The molecule has 254 valence electrons. The van der Waals surface area contributed by atoms with Crippen LogP contribution in [0.25, 0.3) is 27.0 Å². The van der Waals surface area contributed by atoms with Crippen LogP contribution < -0.4 is 14.4 Å². The van der Waals surface area contributed by atoms with Gasteiger partial charge in [0, 0.05) is 44.4 Å². The summed E-state index contributed by atoms with van der Waals surface area (Å²) in [5, 5.41) is 0.670. The van der Waals surface area contributed by atoms with E-state index >= 15 is 0 Å². The smallest absolute Gasteiger partial charge is 0.319 e. The van der Waals surface area contributed by atoms with Crippen molar-refractivity contribution in [3.63, 3.8) is 0 Å². The minimum Gasteiger partial charge on any atom is -0.486 e. The molecule has 9 rings (SSSR count). The third kappa shape index (κ3) is 5.28. The molecule has 0 radical (unpaired) electrons. The highest BCUT2D eigenvalue weighted by atomic mass is 19.1. The molecule has 3 aliphatic carbocycles. The Morgan fingerprint density at radius 3 is 2.88 bits per heavy atom. The van der Waals surface area contributed by atoms with E-state index in [1.165, 1.54) is 22.4 Å². The van der Waals surface area contributed by atoms with Crippen molar-refractivity contribution in [3.8, 4) is 23.0 Å². The van der Waals surface area contributed by atoms with E-state index in [4.69, 9.17) is 31.0 Å². The third-order valence-electron chi connectivity index (χ3n) is 11.5. The Bertz CT molecular complexity index is 1910. The molecular weight excluding hydrogens is 628 g/mol. The maximum absolute atomic E-state index is 14.6. The highest BCUT2D eigenvalue weighted by molar-refractivity contribution is 5.97. The topological polar surface area (TPSA) is 88.3 Å². The number of hydrogen-bond acceptors (Lipinski definition) is 8. The number of pyridine rings is 1. The fourth-order valence-electron chi connectivity index (χ4n) is 8.89. The van der Waals surface area contributed by atoms with E-state index in [0.717, 1.165) is 49.9 Å². The largest absolute Gasteiger partial charge is 0.486 e. The van der Waals surface area contributed by atoms with E-state index in [1.807, 2.05) is 4.90 Å². The first kappa shape index (κ1) is 30.7. The number of carbonyl (C=O) groups excluding carboxylic acids is 1. The van der Waals surface area contributed by atoms with Gasteiger partial charge < -0.3 is 24.1 Å². The number of aromatic nitrogens is 3. The Labute approximate surface area is 283 Å². The van der Waals surface area contributed by atoms with Crippen LogP contribution in [0.4, 0.5) is 14.6 Å².